The van der Waals surface area contributed by atoms with E-state index in [1.165, 1.54) is 6.92 Å². The fourth-order valence-electron chi connectivity index (χ4n) is 3.45. The number of ether oxygens (including phenoxy) is 3. The minimum atomic E-state index is -0.829. The van der Waals surface area contributed by atoms with Gasteiger partial charge < -0.3 is 30.2 Å². The highest BCUT2D eigenvalue weighted by Crippen LogP contribution is 2.16. The number of esters is 1. The van der Waals surface area contributed by atoms with Crippen LogP contribution in [-0.2, 0) is 35.2 Å². The van der Waals surface area contributed by atoms with Crippen LogP contribution in [0.4, 0.5) is 4.79 Å². The standard InChI is InChI=1S/C24H35N3O7/c1-16(2)14-20(22(30)27-19-11-13-32-23(19)34-17(3)28)26-21(29)10-7-12-25-24(31)33-15-18-8-5-4-6-9-18/h4-6,8-9,16,19-20,23H,7,10-15H2,1-3H3,(H,25,31)(H,26,29)(H,27,30)/t19-,20-,23-/m0/s1. The first-order chi connectivity index (χ1) is 16.2. The van der Waals surface area contributed by atoms with Crippen LogP contribution in [0.3, 0.4) is 0 Å². The maximum absolute atomic E-state index is 12.8. The van der Waals surface area contributed by atoms with Gasteiger partial charge in [-0.05, 0) is 30.7 Å². The smallest absolute Gasteiger partial charge is 0.407 e. The second-order valence-electron chi connectivity index (χ2n) is 8.59. The molecule has 188 valence electrons. The molecule has 1 fully saturated rings. The summed E-state index contributed by atoms with van der Waals surface area (Å²) >= 11 is 0. The first-order valence-electron chi connectivity index (χ1n) is 11.6. The molecule has 1 heterocycles. The van der Waals surface area contributed by atoms with E-state index < -0.39 is 30.4 Å². The maximum atomic E-state index is 12.8. The minimum Gasteiger partial charge on any atom is -0.445 e. The van der Waals surface area contributed by atoms with E-state index in [2.05, 4.69) is 16.0 Å². The average Bonchev–Trinajstić information content (AvgIpc) is 3.21. The third-order valence-electron chi connectivity index (χ3n) is 5.07. The molecule has 0 aliphatic carbocycles. The zero-order valence-corrected chi connectivity index (χ0v) is 20.0. The second-order valence-corrected chi connectivity index (χ2v) is 8.59. The second kappa shape index (κ2) is 14.2. The Hall–Kier alpha value is -3.14. The van der Waals surface area contributed by atoms with Crippen LogP contribution in [0.15, 0.2) is 30.3 Å². The fourth-order valence-corrected chi connectivity index (χ4v) is 3.45. The summed E-state index contributed by atoms with van der Waals surface area (Å²) in [5.74, 6) is -0.964. The molecule has 0 saturated carbocycles. The van der Waals surface area contributed by atoms with E-state index in [-0.39, 0.29) is 37.3 Å². The van der Waals surface area contributed by atoms with Gasteiger partial charge in [-0.25, -0.2) is 4.79 Å². The number of carbonyl (C=O) groups is 4. The quantitative estimate of drug-likeness (QED) is 0.310. The molecule has 0 radical (unpaired) electrons. The highest BCUT2D eigenvalue weighted by atomic mass is 16.7. The molecule has 2 rings (SSSR count). The number of hydrogen-bond acceptors (Lipinski definition) is 7. The summed E-state index contributed by atoms with van der Waals surface area (Å²) in [7, 11) is 0. The number of hydrogen-bond donors (Lipinski definition) is 3. The van der Waals surface area contributed by atoms with Gasteiger partial charge in [0.1, 0.15) is 12.6 Å². The largest absolute Gasteiger partial charge is 0.445 e. The fraction of sp³-hybridized carbons (Fsp3) is 0.583. The van der Waals surface area contributed by atoms with E-state index in [0.717, 1.165) is 5.56 Å². The van der Waals surface area contributed by atoms with Crippen LogP contribution in [-0.4, -0.2) is 55.4 Å². The topological polar surface area (TPSA) is 132 Å². The Kier molecular flexibility index (Phi) is 11.3. The van der Waals surface area contributed by atoms with Crippen LogP contribution >= 0.6 is 0 Å². The third-order valence-corrected chi connectivity index (χ3v) is 5.07. The van der Waals surface area contributed by atoms with Gasteiger partial charge in [0.25, 0.3) is 0 Å². The number of carbonyl (C=O) groups excluding carboxylic acids is 4. The van der Waals surface area contributed by atoms with Crippen LogP contribution < -0.4 is 16.0 Å². The predicted molar refractivity (Wildman–Crippen MR) is 123 cm³/mol. The molecular formula is C24H35N3O7. The predicted octanol–water partition coefficient (Wildman–Crippen LogP) is 2.02. The lowest BCUT2D eigenvalue weighted by Crippen LogP contribution is -2.52. The SMILES string of the molecule is CC(=O)O[C@@H]1OCC[C@@H]1NC(=O)[C@H](CC(C)C)NC(=O)CCCNC(=O)OCc1ccccc1. The van der Waals surface area contributed by atoms with Gasteiger partial charge in [0.2, 0.25) is 18.1 Å². The van der Waals surface area contributed by atoms with E-state index in [4.69, 9.17) is 14.2 Å². The first-order valence-corrected chi connectivity index (χ1v) is 11.6. The molecule has 1 saturated heterocycles. The molecule has 1 aliphatic rings. The summed E-state index contributed by atoms with van der Waals surface area (Å²) in [6.07, 6.45) is 0.120. The minimum absolute atomic E-state index is 0.142. The Morgan fingerprint density at radius 1 is 1.15 bits per heavy atom. The highest BCUT2D eigenvalue weighted by Gasteiger charge is 2.34. The van der Waals surface area contributed by atoms with Crippen LogP contribution in [0, 0.1) is 5.92 Å². The third kappa shape index (κ3) is 10.2. The summed E-state index contributed by atoms with van der Waals surface area (Å²) in [4.78, 5) is 48.2. The summed E-state index contributed by atoms with van der Waals surface area (Å²) in [6.45, 7) is 6.00. The molecule has 0 aromatic heterocycles. The summed E-state index contributed by atoms with van der Waals surface area (Å²) < 4.78 is 15.6. The van der Waals surface area contributed by atoms with E-state index in [1.54, 1.807) is 0 Å². The first kappa shape index (κ1) is 27.1. The van der Waals surface area contributed by atoms with Crippen molar-refractivity contribution in [2.75, 3.05) is 13.2 Å². The van der Waals surface area contributed by atoms with Gasteiger partial charge in [-0.3, -0.25) is 14.4 Å². The molecule has 1 aromatic rings. The van der Waals surface area contributed by atoms with Crippen molar-refractivity contribution in [1.82, 2.24) is 16.0 Å². The lowest BCUT2D eigenvalue weighted by atomic mass is 10.0. The van der Waals surface area contributed by atoms with Crippen LogP contribution in [0.1, 0.15) is 52.0 Å². The van der Waals surface area contributed by atoms with Gasteiger partial charge in [-0.1, -0.05) is 44.2 Å². The number of rotatable bonds is 12. The van der Waals surface area contributed by atoms with E-state index in [9.17, 15) is 19.2 Å². The molecule has 1 aromatic carbocycles. The van der Waals surface area contributed by atoms with Crippen LogP contribution in [0.5, 0.6) is 0 Å². The van der Waals surface area contributed by atoms with Crippen molar-refractivity contribution in [3.8, 4) is 0 Å². The van der Waals surface area contributed by atoms with Gasteiger partial charge in [-0.15, -0.1) is 0 Å². The van der Waals surface area contributed by atoms with Gasteiger partial charge >= 0.3 is 12.1 Å². The molecule has 3 amide bonds. The van der Waals surface area contributed by atoms with Gasteiger partial charge in [0.05, 0.1) is 12.6 Å². The summed E-state index contributed by atoms with van der Waals surface area (Å²) in [6, 6.07) is 8.13. The molecule has 0 unspecified atom stereocenters. The molecule has 3 atom stereocenters. The zero-order valence-electron chi connectivity index (χ0n) is 20.0. The molecule has 0 bridgehead atoms. The molecule has 3 N–H and O–H groups in total. The Labute approximate surface area is 200 Å². The monoisotopic (exact) mass is 477 g/mol. The number of amides is 3. The van der Waals surface area contributed by atoms with Crippen LogP contribution in [0.25, 0.3) is 0 Å². The van der Waals surface area contributed by atoms with Gasteiger partial charge in [0.15, 0.2) is 0 Å². The van der Waals surface area contributed by atoms with Crippen molar-refractivity contribution in [2.45, 2.75) is 71.4 Å². The summed E-state index contributed by atoms with van der Waals surface area (Å²) in [5.41, 5.74) is 0.884. The Bertz CT molecular complexity index is 816. The number of nitrogens with one attached hydrogen (secondary N) is 3. The molecule has 0 spiro atoms. The lowest BCUT2D eigenvalue weighted by molar-refractivity contribution is -0.170. The van der Waals surface area contributed by atoms with E-state index in [1.807, 2.05) is 44.2 Å². The van der Waals surface area contributed by atoms with E-state index in [0.29, 0.717) is 25.9 Å². The maximum Gasteiger partial charge on any atom is 0.407 e. The molecule has 10 nitrogen and oxygen atoms in total. The van der Waals surface area contributed by atoms with Crippen molar-refractivity contribution >= 4 is 23.9 Å². The molecule has 1 aliphatic heterocycles. The van der Waals surface area contributed by atoms with E-state index >= 15 is 0 Å². The number of alkyl carbamates (subject to hydrolysis) is 1. The normalized spacial score (nSPS) is 18.1. The molecular weight excluding hydrogens is 442 g/mol. The van der Waals surface area contributed by atoms with Gasteiger partial charge in [0, 0.05) is 19.9 Å². The number of benzene rings is 1. The van der Waals surface area contributed by atoms with Crippen molar-refractivity contribution in [1.29, 1.82) is 0 Å². The summed E-state index contributed by atoms with van der Waals surface area (Å²) in [5, 5.41) is 8.20. The zero-order chi connectivity index (χ0) is 24.9. The molecule has 10 heteroatoms. The average molecular weight is 478 g/mol. The van der Waals surface area contributed by atoms with Crippen molar-refractivity contribution in [2.24, 2.45) is 5.92 Å². The molecule has 34 heavy (non-hydrogen) atoms. The van der Waals surface area contributed by atoms with Crippen molar-refractivity contribution in [3.05, 3.63) is 35.9 Å². The van der Waals surface area contributed by atoms with Crippen LogP contribution in [0.2, 0.25) is 0 Å². The lowest BCUT2D eigenvalue weighted by Gasteiger charge is -2.24. The highest BCUT2D eigenvalue weighted by molar-refractivity contribution is 5.87. The Balaban J connectivity index is 1.72. The van der Waals surface area contributed by atoms with Crippen molar-refractivity contribution in [3.63, 3.8) is 0 Å². The van der Waals surface area contributed by atoms with Crippen molar-refractivity contribution < 1.29 is 33.4 Å². The Morgan fingerprint density at radius 3 is 2.56 bits per heavy atom. The Morgan fingerprint density at radius 2 is 1.88 bits per heavy atom. The van der Waals surface area contributed by atoms with Gasteiger partial charge in [-0.2, -0.15) is 0 Å².